The van der Waals surface area contributed by atoms with Gasteiger partial charge in [-0.1, -0.05) is 0 Å². The van der Waals surface area contributed by atoms with E-state index >= 15 is 0 Å². The molecule has 0 radical (unpaired) electrons. The van der Waals surface area contributed by atoms with E-state index in [0.29, 0.717) is 11.1 Å². The van der Waals surface area contributed by atoms with Crippen molar-refractivity contribution in [1.29, 1.82) is 0 Å². The van der Waals surface area contributed by atoms with Gasteiger partial charge in [-0.3, -0.25) is 0 Å². The second-order valence-electron chi connectivity index (χ2n) is 3.07. The minimum Gasteiger partial charge on any atom is -0.465 e. The maximum Gasteiger partial charge on any atom is 0.337 e. The number of rotatable bonds is 2. The van der Waals surface area contributed by atoms with E-state index in [1.807, 2.05) is 0 Å². The molecule has 0 amide bonds. The van der Waals surface area contributed by atoms with Crippen molar-refractivity contribution in [1.82, 2.24) is 0 Å². The Morgan fingerprint density at radius 2 is 1.33 bits per heavy atom. The molecule has 0 atom stereocenters. The van der Waals surface area contributed by atoms with Gasteiger partial charge in [-0.05, 0) is 30.7 Å². The summed E-state index contributed by atoms with van der Waals surface area (Å²) < 4.78 is 9.14. The topological polar surface area (TPSA) is 52.6 Å². The highest BCUT2D eigenvalue weighted by Crippen LogP contribution is 2.11. The van der Waals surface area contributed by atoms with E-state index in [-0.39, 0.29) is 0 Å². The number of carbonyl (C=O) groups is 2. The lowest BCUT2D eigenvalue weighted by Gasteiger charge is -2.04. The van der Waals surface area contributed by atoms with Gasteiger partial charge < -0.3 is 9.47 Å². The summed E-state index contributed by atoms with van der Waals surface area (Å²) in [6.45, 7) is 1.79. The smallest absolute Gasteiger partial charge is 0.337 e. The van der Waals surface area contributed by atoms with Crippen LogP contribution in [-0.2, 0) is 9.47 Å². The highest BCUT2D eigenvalue weighted by molar-refractivity contribution is 5.95. The van der Waals surface area contributed by atoms with Crippen LogP contribution in [0.2, 0.25) is 0 Å². The Kier molecular flexibility index (Phi) is 3.44. The monoisotopic (exact) mass is 208 g/mol. The molecule has 0 aliphatic heterocycles. The van der Waals surface area contributed by atoms with Crippen LogP contribution >= 0.6 is 0 Å². The normalized spacial score (nSPS) is 9.53. The molecule has 1 aromatic carbocycles. The van der Waals surface area contributed by atoms with Gasteiger partial charge in [0.05, 0.1) is 25.3 Å². The van der Waals surface area contributed by atoms with Gasteiger partial charge in [0.1, 0.15) is 0 Å². The first-order valence-corrected chi connectivity index (χ1v) is 4.37. The second-order valence-corrected chi connectivity index (χ2v) is 3.07. The molecule has 0 saturated heterocycles. The summed E-state index contributed by atoms with van der Waals surface area (Å²) in [5, 5.41) is 0. The van der Waals surface area contributed by atoms with Gasteiger partial charge in [-0.25, -0.2) is 9.59 Å². The van der Waals surface area contributed by atoms with E-state index in [9.17, 15) is 9.59 Å². The lowest BCUT2D eigenvalue weighted by atomic mass is 10.1. The fourth-order valence-corrected chi connectivity index (χ4v) is 1.25. The van der Waals surface area contributed by atoms with Gasteiger partial charge in [-0.15, -0.1) is 0 Å². The van der Waals surface area contributed by atoms with Crippen LogP contribution in [-0.4, -0.2) is 26.2 Å². The number of hydrogen-bond acceptors (Lipinski definition) is 4. The van der Waals surface area contributed by atoms with Gasteiger partial charge in [0.15, 0.2) is 0 Å². The summed E-state index contributed by atoms with van der Waals surface area (Å²) in [6.07, 6.45) is 0. The molecule has 0 unspecified atom stereocenters. The van der Waals surface area contributed by atoms with Crippen molar-refractivity contribution in [2.24, 2.45) is 0 Å². The molecule has 80 valence electrons. The van der Waals surface area contributed by atoms with Crippen LogP contribution in [0.25, 0.3) is 0 Å². The third-order valence-corrected chi connectivity index (χ3v) is 1.92. The molecule has 0 fully saturated rings. The maximum absolute atomic E-state index is 11.3. The Balaban J connectivity index is 3.16. The largest absolute Gasteiger partial charge is 0.465 e. The highest BCUT2D eigenvalue weighted by Gasteiger charge is 2.11. The zero-order valence-electron chi connectivity index (χ0n) is 8.87. The second kappa shape index (κ2) is 4.59. The van der Waals surface area contributed by atoms with Crippen molar-refractivity contribution < 1.29 is 19.1 Å². The average Bonchev–Trinajstić information content (AvgIpc) is 2.26. The first-order valence-electron chi connectivity index (χ1n) is 4.37. The molecule has 0 saturated carbocycles. The van der Waals surface area contributed by atoms with Crippen LogP contribution in [0.1, 0.15) is 26.3 Å². The number of hydrogen-bond donors (Lipinski definition) is 0. The average molecular weight is 208 g/mol. The lowest BCUT2D eigenvalue weighted by molar-refractivity contribution is 0.0599. The number of aryl methyl sites for hydroxylation is 1. The number of carbonyl (C=O) groups excluding carboxylic acids is 2. The standard InChI is InChI=1S/C11H12O4/c1-7-4-8(10(12)14-2)6-9(5-7)11(13)15-3/h4-6H,1-3H3. The Morgan fingerprint density at radius 3 is 1.67 bits per heavy atom. The first-order chi connectivity index (χ1) is 7.08. The maximum atomic E-state index is 11.3. The molecule has 0 aliphatic rings. The fourth-order valence-electron chi connectivity index (χ4n) is 1.25. The predicted molar refractivity (Wildman–Crippen MR) is 53.9 cm³/mol. The van der Waals surface area contributed by atoms with Gasteiger partial charge in [0.25, 0.3) is 0 Å². The Labute approximate surface area is 87.8 Å². The summed E-state index contributed by atoms with van der Waals surface area (Å²) in [5.41, 5.74) is 1.49. The van der Waals surface area contributed by atoms with E-state index in [2.05, 4.69) is 9.47 Å². The molecule has 0 aromatic heterocycles. The fraction of sp³-hybridized carbons (Fsp3) is 0.273. The van der Waals surface area contributed by atoms with Gasteiger partial charge in [0, 0.05) is 0 Å². The van der Waals surface area contributed by atoms with E-state index < -0.39 is 11.9 Å². The lowest BCUT2D eigenvalue weighted by Crippen LogP contribution is -2.06. The van der Waals surface area contributed by atoms with Gasteiger partial charge >= 0.3 is 11.9 Å². The summed E-state index contributed by atoms with van der Waals surface area (Å²) in [4.78, 5) is 22.5. The number of methoxy groups -OCH3 is 2. The van der Waals surface area contributed by atoms with E-state index in [1.165, 1.54) is 20.3 Å². The zero-order chi connectivity index (χ0) is 11.4. The van der Waals surface area contributed by atoms with Crippen molar-refractivity contribution in [3.05, 3.63) is 34.9 Å². The van der Waals surface area contributed by atoms with Crippen LogP contribution < -0.4 is 0 Å². The molecule has 4 heteroatoms. The van der Waals surface area contributed by atoms with Crippen LogP contribution in [0.5, 0.6) is 0 Å². The van der Waals surface area contributed by atoms with Crippen molar-refractivity contribution in [3.63, 3.8) is 0 Å². The van der Waals surface area contributed by atoms with Crippen molar-refractivity contribution >= 4 is 11.9 Å². The molecule has 4 nitrogen and oxygen atoms in total. The van der Waals surface area contributed by atoms with Crippen molar-refractivity contribution in [3.8, 4) is 0 Å². The van der Waals surface area contributed by atoms with E-state index in [4.69, 9.17) is 0 Å². The SMILES string of the molecule is COC(=O)c1cc(C)cc(C(=O)OC)c1. The molecular formula is C11H12O4. The Hall–Kier alpha value is -1.84. The predicted octanol–water partition coefficient (Wildman–Crippen LogP) is 1.57. The number of esters is 2. The van der Waals surface area contributed by atoms with Crippen molar-refractivity contribution in [2.45, 2.75) is 6.92 Å². The number of benzene rings is 1. The Bertz CT molecular complexity index is 361. The van der Waals surface area contributed by atoms with Crippen molar-refractivity contribution in [2.75, 3.05) is 14.2 Å². The molecule has 1 rings (SSSR count). The first kappa shape index (κ1) is 11.2. The molecule has 0 heterocycles. The summed E-state index contributed by atoms with van der Waals surface area (Å²) >= 11 is 0. The quantitative estimate of drug-likeness (QED) is 0.692. The third kappa shape index (κ3) is 2.56. The van der Waals surface area contributed by atoms with Crippen LogP contribution in [0.4, 0.5) is 0 Å². The summed E-state index contributed by atoms with van der Waals surface area (Å²) in [5.74, 6) is -0.937. The Morgan fingerprint density at radius 1 is 0.933 bits per heavy atom. The molecule has 0 spiro atoms. The minimum absolute atomic E-state index is 0.345. The third-order valence-electron chi connectivity index (χ3n) is 1.92. The van der Waals surface area contributed by atoms with Gasteiger partial charge in [0.2, 0.25) is 0 Å². The summed E-state index contributed by atoms with van der Waals surface area (Å²) in [6, 6.07) is 4.75. The van der Waals surface area contributed by atoms with Crippen LogP contribution in [0.3, 0.4) is 0 Å². The molecule has 1 aromatic rings. The highest BCUT2D eigenvalue weighted by atomic mass is 16.5. The molecular weight excluding hydrogens is 196 g/mol. The van der Waals surface area contributed by atoms with Gasteiger partial charge in [-0.2, -0.15) is 0 Å². The molecule has 15 heavy (non-hydrogen) atoms. The zero-order valence-corrected chi connectivity index (χ0v) is 8.87. The van der Waals surface area contributed by atoms with Crippen LogP contribution in [0.15, 0.2) is 18.2 Å². The van der Waals surface area contributed by atoms with Crippen LogP contribution in [0, 0.1) is 6.92 Å². The molecule has 0 N–H and O–H groups in total. The molecule has 0 bridgehead atoms. The number of ether oxygens (including phenoxy) is 2. The van der Waals surface area contributed by atoms with E-state index in [1.54, 1.807) is 19.1 Å². The molecule has 0 aliphatic carbocycles. The van der Waals surface area contributed by atoms with E-state index in [0.717, 1.165) is 5.56 Å². The minimum atomic E-state index is -0.469. The summed E-state index contributed by atoms with van der Waals surface area (Å²) in [7, 11) is 2.59.